The predicted molar refractivity (Wildman–Crippen MR) is 65.3 cm³/mol. The standard InChI is InChI=1S/C13H24N2O/c1-11-6-5-7-12(2)15(11)13(16)10-14-8-3-4-9-14/h11-12H,3-10H2,1-2H3. The van der Waals surface area contributed by atoms with Gasteiger partial charge in [0.05, 0.1) is 6.54 Å². The molecule has 0 aromatic heterocycles. The zero-order valence-corrected chi connectivity index (χ0v) is 10.6. The lowest BCUT2D eigenvalue weighted by atomic mass is 9.97. The van der Waals surface area contributed by atoms with E-state index in [1.807, 2.05) is 0 Å². The van der Waals surface area contributed by atoms with Gasteiger partial charge in [-0.15, -0.1) is 0 Å². The molecule has 2 heterocycles. The van der Waals surface area contributed by atoms with Crippen LogP contribution in [0.4, 0.5) is 0 Å². The lowest BCUT2D eigenvalue weighted by Gasteiger charge is -2.39. The molecule has 0 saturated carbocycles. The average Bonchev–Trinajstić information content (AvgIpc) is 2.70. The zero-order valence-electron chi connectivity index (χ0n) is 10.6. The summed E-state index contributed by atoms with van der Waals surface area (Å²) in [6.07, 6.45) is 6.15. The maximum absolute atomic E-state index is 12.3. The maximum atomic E-state index is 12.3. The van der Waals surface area contributed by atoms with E-state index in [9.17, 15) is 4.79 Å². The van der Waals surface area contributed by atoms with Crippen molar-refractivity contribution in [3.8, 4) is 0 Å². The minimum absolute atomic E-state index is 0.349. The second kappa shape index (κ2) is 5.17. The zero-order chi connectivity index (χ0) is 11.5. The lowest BCUT2D eigenvalue weighted by Crippen LogP contribution is -2.50. The number of nitrogens with zero attached hydrogens (tertiary/aromatic N) is 2. The normalized spacial score (nSPS) is 32.0. The number of hydrogen-bond acceptors (Lipinski definition) is 2. The molecule has 0 bridgehead atoms. The average molecular weight is 224 g/mol. The van der Waals surface area contributed by atoms with Gasteiger partial charge >= 0.3 is 0 Å². The molecule has 16 heavy (non-hydrogen) atoms. The summed E-state index contributed by atoms with van der Waals surface area (Å²) >= 11 is 0. The number of amides is 1. The number of piperidine rings is 1. The molecule has 3 nitrogen and oxygen atoms in total. The van der Waals surface area contributed by atoms with Gasteiger partial charge in [-0.25, -0.2) is 0 Å². The molecule has 2 saturated heterocycles. The second-order valence-corrected chi connectivity index (χ2v) is 5.41. The smallest absolute Gasteiger partial charge is 0.237 e. The molecule has 2 aliphatic heterocycles. The summed E-state index contributed by atoms with van der Waals surface area (Å²) in [6.45, 7) is 7.26. The molecule has 2 unspecified atom stereocenters. The van der Waals surface area contributed by atoms with Gasteiger partial charge in [0.15, 0.2) is 0 Å². The quantitative estimate of drug-likeness (QED) is 0.715. The molecular weight excluding hydrogens is 200 g/mol. The molecule has 2 atom stereocenters. The topological polar surface area (TPSA) is 23.6 Å². The molecule has 2 aliphatic rings. The van der Waals surface area contributed by atoms with Gasteiger partial charge in [0.1, 0.15) is 0 Å². The molecular formula is C13H24N2O. The highest BCUT2D eigenvalue weighted by Crippen LogP contribution is 2.23. The van der Waals surface area contributed by atoms with Crippen LogP contribution in [-0.2, 0) is 4.79 Å². The van der Waals surface area contributed by atoms with Gasteiger partial charge in [-0.3, -0.25) is 9.69 Å². The SMILES string of the molecule is CC1CCCC(C)N1C(=O)CN1CCCC1. The van der Waals surface area contributed by atoms with Crippen molar-refractivity contribution in [2.24, 2.45) is 0 Å². The van der Waals surface area contributed by atoms with Crippen LogP contribution in [0.1, 0.15) is 46.0 Å². The van der Waals surface area contributed by atoms with E-state index in [2.05, 4.69) is 23.6 Å². The van der Waals surface area contributed by atoms with Crippen molar-refractivity contribution in [2.45, 2.75) is 58.0 Å². The number of carbonyl (C=O) groups is 1. The van der Waals surface area contributed by atoms with Crippen LogP contribution in [0.15, 0.2) is 0 Å². The molecule has 2 rings (SSSR count). The van der Waals surface area contributed by atoms with Crippen LogP contribution in [0.2, 0.25) is 0 Å². The van der Waals surface area contributed by atoms with Gasteiger partial charge in [0.25, 0.3) is 0 Å². The molecule has 0 spiro atoms. The fourth-order valence-electron chi connectivity index (χ4n) is 3.13. The predicted octanol–water partition coefficient (Wildman–Crippen LogP) is 1.87. The number of rotatable bonds is 2. The van der Waals surface area contributed by atoms with Crippen LogP contribution in [0, 0.1) is 0 Å². The van der Waals surface area contributed by atoms with Crippen LogP contribution in [0.5, 0.6) is 0 Å². The third kappa shape index (κ3) is 2.57. The maximum Gasteiger partial charge on any atom is 0.237 e. The van der Waals surface area contributed by atoms with E-state index < -0.39 is 0 Å². The molecule has 0 aromatic rings. The monoisotopic (exact) mass is 224 g/mol. The Morgan fingerprint density at radius 2 is 1.62 bits per heavy atom. The third-order valence-corrected chi connectivity index (χ3v) is 4.04. The summed E-state index contributed by atoms with van der Waals surface area (Å²) in [5, 5.41) is 0. The first-order valence-electron chi connectivity index (χ1n) is 6.72. The van der Waals surface area contributed by atoms with Crippen LogP contribution in [-0.4, -0.2) is 47.4 Å². The largest absolute Gasteiger partial charge is 0.336 e. The Balaban J connectivity index is 1.90. The summed E-state index contributed by atoms with van der Waals surface area (Å²) in [7, 11) is 0. The lowest BCUT2D eigenvalue weighted by molar-refractivity contribution is -0.138. The molecule has 1 amide bonds. The van der Waals surface area contributed by atoms with E-state index in [1.54, 1.807) is 0 Å². The van der Waals surface area contributed by atoms with Crippen molar-refractivity contribution in [1.29, 1.82) is 0 Å². The van der Waals surface area contributed by atoms with E-state index in [0.717, 1.165) is 13.1 Å². The first-order valence-corrected chi connectivity index (χ1v) is 6.72. The summed E-state index contributed by atoms with van der Waals surface area (Å²) in [5.41, 5.74) is 0. The van der Waals surface area contributed by atoms with Crippen molar-refractivity contribution in [3.05, 3.63) is 0 Å². The minimum atomic E-state index is 0.349. The van der Waals surface area contributed by atoms with Gasteiger partial charge in [-0.2, -0.15) is 0 Å². The Hall–Kier alpha value is -0.570. The van der Waals surface area contributed by atoms with Gasteiger partial charge in [0.2, 0.25) is 5.91 Å². The summed E-state index contributed by atoms with van der Waals surface area (Å²) < 4.78 is 0. The Kier molecular flexibility index (Phi) is 3.85. The molecule has 92 valence electrons. The third-order valence-electron chi connectivity index (χ3n) is 4.04. The van der Waals surface area contributed by atoms with E-state index in [-0.39, 0.29) is 0 Å². The van der Waals surface area contributed by atoms with Crippen LogP contribution in [0.25, 0.3) is 0 Å². The molecule has 3 heteroatoms. The van der Waals surface area contributed by atoms with Gasteiger partial charge in [-0.05, 0) is 59.0 Å². The highest BCUT2D eigenvalue weighted by Gasteiger charge is 2.29. The van der Waals surface area contributed by atoms with Crippen molar-refractivity contribution in [2.75, 3.05) is 19.6 Å². The molecule has 0 N–H and O–H groups in total. The van der Waals surface area contributed by atoms with Gasteiger partial charge < -0.3 is 4.90 Å². The Morgan fingerprint density at radius 3 is 2.19 bits per heavy atom. The van der Waals surface area contributed by atoms with E-state index in [0.29, 0.717) is 24.5 Å². The van der Waals surface area contributed by atoms with E-state index in [4.69, 9.17) is 0 Å². The van der Waals surface area contributed by atoms with Crippen molar-refractivity contribution < 1.29 is 4.79 Å². The second-order valence-electron chi connectivity index (χ2n) is 5.41. The van der Waals surface area contributed by atoms with Gasteiger partial charge in [-0.1, -0.05) is 0 Å². The molecule has 2 fully saturated rings. The fourth-order valence-corrected chi connectivity index (χ4v) is 3.13. The Morgan fingerprint density at radius 1 is 1.06 bits per heavy atom. The van der Waals surface area contributed by atoms with Gasteiger partial charge in [0, 0.05) is 12.1 Å². The van der Waals surface area contributed by atoms with E-state index in [1.165, 1.54) is 32.1 Å². The van der Waals surface area contributed by atoms with Crippen LogP contribution >= 0.6 is 0 Å². The van der Waals surface area contributed by atoms with Crippen LogP contribution < -0.4 is 0 Å². The highest BCUT2D eigenvalue weighted by molar-refractivity contribution is 5.79. The molecule has 0 aromatic carbocycles. The van der Waals surface area contributed by atoms with Crippen molar-refractivity contribution in [3.63, 3.8) is 0 Å². The van der Waals surface area contributed by atoms with Crippen molar-refractivity contribution >= 4 is 5.91 Å². The Bertz CT molecular complexity index is 238. The van der Waals surface area contributed by atoms with E-state index >= 15 is 0 Å². The number of carbonyl (C=O) groups excluding carboxylic acids is 1. The summed E-state index contributed by atoms with van der Waals surface area (Å²) in [5.74, 6) is 0.349. The minimum Gasteiger partial charge on any atom is -0.336 e. The molecule has 0 radical (unpaired) electrons. The first kappa shape index (κ1) is 11.9. The summed E-state index contributed by atoms with van der Waals surface area (Å²) in [4.78, 5) is 16.7. The number of hydrogen-bond donors (Lipinski definition) is 0. The summed E-state index contributed by atoms with van der Waals surface area (Å²) in [6, 6.07) is 0.887. The molecule has 0 aliphatic carbocycles. The Labute approximate surface area is 98.8 Å². The van der Waals surface area contributed by atoms with Crippen LogP contribution in [0.3, 0.4) is 0 Å². The first-order chi connectivity index (χ1) is 7.68. The number of likely N-dealkylation sites (tertiary alicyclic amines) is 2. The van der Waals surface area contributed by atoms with Crippen molar-refractivity contribution in [1.82, 2.24) is 9.80 Å². The fraction of sp³-hybridized carbons (Fsp3) is 0.923. The highest BCUT2D eigenvalue weighted by atomic mass is 16.2.